The van der Waals surface area contributed by atoms with Gasteiger partial charge >= 0.3 is 0 Å². The molecular formula is C26H28N6O3. The Morgan fingerprint density at radius 1 is 1.23 bits per heavy atom. The van der Waals surface area contributed by atoms with Crippen molar-refractivity contribution < 1.29 is 14.3 Å². The third kappa shape index (κ3) is 4.52. The first-order valence-electron chi connectivity index (χ1n) is 11.7. The number of methoxy groups -OCH3 is 2. The number of anilines is 1. The highest BCUT2D eigenvalue weighted by atomic mass is 16.5. The summed E-state index contributed by atoms with van der Waals surface area (Å²) in [6.07, 6.45) is 7.41. The van der Waals surface area contributed by atoms with Gasteiger partial charge in [-0.2, -0.15) is 10.1 Å². The number of hydrogen-bond acceptors (Lipinski definition) is 7. The Balaban J connectivity index is 1.61. The average Bonchev–Trinajstić information content (AvgIpc) is 3.40. The normalized spacial score (nSPS) is 17.2. The summed E-state index contributed by atoms with van der Waals surface area (Å²) < 4.78 is 12.5. The topological polar surface area (TPSA) is 108 Å². The Labute approximate surface area is 203 Å². The lowest BCUT2D eigenvalue weighted by Crippen LogP contribution is -2.27. The summed E-state index contributed by atoms with van der Waals surface area (Å²) in [6, 6.07) is 3.51. The molecule has 1 aliphatic heterocycles. The third-order valence-electron chi connectivity index (χ3n) is 6.55. The average molecular weight is 473 g/mol. The lowest BCUT2D eigenvalue weighted by atomic mass is 10.1. The molecule has 0 bridgehead atoms. The summed E-state index contributed by atoms with van der Waals surface area (Å²) in [7, 11) is 3.09. The Bertz CT molecular complexity index is 1340. The fourth-order valence-corrected chi connectivity index (χ4v) is 4.56. The van der Waals surface area contributed by atoms with E-state index in [1.165, 1.54) is 18.9 Å². The number of nitrogens with zero attached hydrogens (tertiary/aromatic N) is 5. The van der Waals surface area contributed by atoms with E-state index >= 15 is 0 Å². The van der Waals surface area contributed by atoms with Gasteiger partial charge in [0.25, 0.3) is 0 Å². The van der Waals surface area contributed by atoms with Gasteiger partial charge in [-0.25, -0.2) is 4.98 Å². The fraction of sp³-hybridized carbons (Fsp3) is 0.385. The number of pyridine rings is 2. The summed E-state index contributed by atoms with van der Waals surface area (Å²) in [6.45, 7) is 4.85. The Kier molecular flexibility index (Phi) is 6.03. The van der Waals surface area contributed by atoms with Gasteiger partial charge < -0.3 is 20.1 Å². The van der Waals surface area contributed by atoms with Crippen LogP contribution in [0, 0.1) is 17.8 Å². The van der Waals surface area contributed by atoms with Crippen molar-refractivity contribution in [3.63, 3.8) is 0 Å². The van der Waals surface area contributed by atoms with Crippen molar-refractivity contribution in [2.75, 3.05) is 33.0 Å². The molecule has 2 fully saturated rings. The van der Waals surface area contributed by atoms with Gasteiger partial charge in [0, 0.05) is 37.0 Å². The molecule has 1 saturated heterocycles. The molecule has 180 valence electrons. The molecule has 3 aromatic rings. The van der Waals surface area contributed by atoms with Gasteiger partial charge in [-0.3, -0.25) is 9.48 Å². The molecule has 1 amide bonds. The molecule has 1 unspecified atom stereocenters. The van der Waals surface area contributed by atoms with Crippen molar-refractivity contribution in [2.24, 2.45) is 5.92 Å². The van der Waals surface area contributed by atoms with E-state index in [9.17, 15) is 4.79 Å². The molecule has 1 atom stereocenters. The predicted octanol–water partition coefficient (Wildman–Crippen LogP) is 2.74. The van der Waals surface area contributed by atoms with Crippen molar-refractivity contribution in [1.29, 1.82) is 0 Å². The maximum absolute atomic E-state index is 12.2. The molecule has 3 aromatic heterocycles. The molecule has 2 N–H and O–H groups in total. The molecule has 0 spiro atoms. The summed E-state index contributed by atoms with van der Waals surface area (Å²) in [4.78, 5) is 22.7. The van der Waals surface area contributed by atoms with Gasteiger partial charge in [0.1, 0.15) is 11.5 Å². The first kappa shape index (κ1) is 22.7. The summed E-state index contributed by atoms with van der Waals surface area (Å²) in [5.74, 6) is 8.18. The molecular weight excluding hydrogens is 444 g/mol. The highest BCUT2D eigenvalue weighted by molar-refractivity contribution is 5.95. The highest BCUT2D eigenvalue weighted by Gasteiger charge is 2.31. The van der Waals surface area contributed by atoms with Crippen LogP contribution in [0.2, 0.25) is 0 Å². The number of fused-ring (bicyclic) bond motifs is 1. The van der Waals surface area contributed by atoms with Crippen molar-refractivity contribution in [3.05, 3.63) is 47.8 Å². The Morgan fingerprint density at radius 2 is 1.97 bits per heavy atom. The van der Waals surface area contributed by atoms with E-state index in [0.29, 0.717) is 47.8 Å². The van der Waals surface area contributed by atoms with Gasteiger partial charge in [0.05, 0.1) is 31.2 Å². The van der Waals surface area contributed by atoms with Gasteiger partial charge in [-0.15, -0.1) is 0 Å². The van der Waals surface area contributed by atoms with E-state index in [4.69, 9.17) is 20.3 Å². The highest BCUT2D eigenvalue weighted by Crippen LogP contribution is 2.37. The van der Waals surface area contributed by atoms with Crippen molar-refractivity contribution >= 4 is 22.6 Å². The van der Waals surface area contributed by atoms with Crippen LogP contribution >= 0.6 is 0 Å². The zero-order valence-electron chi connectivity index (χ0n) is 20.0. The van der Waals surface area contributed by atoms with E-state index in [-0.39, 0.29) is 11.9 Å². The minimum absolute atomic E-state index is 0.0258. The second kappa shape index (κ2) is 9.29. The molecule has 1 aliphatic carbocycles. The van der Waals surface area contributed by atoms with Crippen LogP contribution in [0.25, 0.3) is 10.9 Å². The number of hydrogen-bond donors (Lipinski definition) is 1. The fourth-order valence-electron chi connectivity index (χ4n) is 4.56. The van der Waals surface area contributed by atoms with E-state index < -0.39 is 0 Å². The van der Waals surface area contributed by atoms with Crippen LogP contribution in [0.3, 0.4) is 0 Å². The molecule has 2 aliphatic rings. The first-order chi connectivity index (χ1) is 17.0. The van der Waals surface area contributed by atoms with Crippen LogP contribution in [-0.2, 0) is 11.2 Å². The van der Waals surface area contributed by atoms with Gasteiger partial charge in [0.15, 0.2) is 0 Å². The van der Waals surface area contributed by atoms with E-state index in [2.05, 4.69) is 28.4 Å². The smallest absolute Gasteiger partial charge is 0.246 e. The summed E-state index contributed by atoms with van der Waals surface area (Å²) in [5.41, 5.74) is 9.72. The van der Waals surface area contributed by atoms with Crippen LogP contribution in [0.5, 0.6) is 11.8 Å². The molecule has 5 rings (SSSR count). The van der Waals surface area contributed by atoms with Crippen molar-refractivity contribution in [1.82, 2.24) is 24.6 Å². The third-order valence-corrected chi connectivity index (χ3v) is 6.55. The van der Waals surface area contributed by atoms with Crippen LogP contribution in [-0.4, -0.2) is 57.9 Å². The van der Waals surface area contributed by atoms with E-state index in [1.54, 1.807) is 31.3 Å². The Hall–Kier alpha value is -4.06. The number of carbonyl (C=O) groups excluding carboxylic acids is 1. The second-order valence-electron chi connectivity index (χ2n) is 8.95. The summed E-state index contributed by atoms with van der Waals surface area (Å²) >= 11 is 0. The monoisotopic (exact) mass is 472 g/mol. The van der Waals surface area contributed by atoms with Crippen LogP contribution < -0.4 is 15.2 Å². The summed E-state index contributed by atoms with van der Waals surface area (Å²) in [5, 5.41) is 5.68. The molecule has 0 radical (unpaired) electrons. The number of likely N-dealkylation sites (tertiary alicyclic amines) is 1. The quantitative estimate of drug-likeness (QED) is 0.434. The molecule has 1 saturated carbocycles. The SMILES string of the molecule is C=CC(=O)N1CCC(n2nc(C#Cc3cc(OC)nc(OC)c3)c3c(N)ncc(CC4CC4)c32)C1. The molecule has 4 heterocycles. The number of nitrogen functional groups attached to an aromatic ring is 1. The minimum atomic E-state index is -0.0658. The first-order valence-corrected chi connectivity index (χ1v) is 11.7. The van der Waals surface area contributed by atoms with Gasteiger partial charge in [-0.05, 0) is 49.2 Å². The second-order valence-corrected chi connectivity index (χ2v) is 8.95. The van der Waals surface area contributed by atoms with Crippen molar-refractivity contribution in [3.8, 4) is 23.6 Å². The van der Waals surface area contributed by atoms with E-state index in [1.807, 2.05) is 10.9 Å². The number of nitrogens with two attached hydrogens (primary N) is 1. The predicted molar refractivity (Wildman–Crippen MR) is 132 cm³/mol. The maximum Gasteiger partial charge on any atom is 0.246 e. The zero-order chi connectivity index (χ0) is 24.5. The minimum Gasteiger partial charge on any atom is -0.481 e. The molecule has 9 nitrogen and oxygen atoms in total. The zero-order valence-corrected chi connectivity index (χ0v) is 20.0. The largest absolute Gasteiger partial charge is 0.481 e. The Morgan fingerprint density at radius 3 is 2.63 bits per heavy atom. The number of aromatic nitrogens is 4. The molecule has 35 heavy (non-hydrogen) atoms. The van der Waals surface area contributed by atoms with Crippen LogP contribution in [0.15, 0.2) is 31.0 Å². The lowest BCUT2D eigenvalue weighted by Gasteiger charge is -2.16. The molecule has 0 aromatic carbocycles. The van der Waals surface area contributed by atoms with Crippen LogP contribution in [0.1, 0.15) is 42.1 Å². The number of ether oxygens (including phenoxy) is 2. The van der Waals surface area contributed by atoms with Crippen LogP contribution in [0.4, 0.5) is 5.82 Å². The van der Waals surface area contributed by atoms with Gasteiger partial charge in [-0.1, -0.05) is 12.5 Å². The standard InChI is InChI=1S/C26H28N6O3/c1-4-23(33)31-10-9-19(15-31)32-25-18(11-16-5-6-16)14-28-26(27)24(25)20(30-32)8-7-17-12-21(34-2)29-22(13-17)35-3/h4,12-14,16,19H,1,5-6,9-11,15H2,2-3H3,(H2,27,28). The number of carbonyl (C=O) groups is 1. The number of amides is 1. The molecule has 9 heteroatoms. The van der Waals surface area contributed by atoms with Crippen molar-refractivity contribution in [2.45, 2.75) is 31.7 Å². The van der Waals surface area contributed by atoms with Gasteiger partial charge in [0.2, 0.25) is 17.7 Å². The number of rotatable bonds is 6. The maximum atomic E-state index is 12.2. The lowest BCUT2D eigenvalue weighted by molar-refractivity contribution is -0.125. The van der Waals surface area contributed by atoms with E-state index in [0.717, 1.165) is 29.3 Å².